The number of carbonyl (C=O) groups is 1. The van der Waals surface area contributed by atoms with Gasteiger partial charge in [0.1, 0.15) is 12.2 Å². The van der Waals surface area contributed by atoms with Crippen molar-refractivity contribution in [2.45, 2.75) is 68.1 Å². The van der Waals surface area contributed by atoms with Gasteiger partial charge in [-0.3, -0.25) is 4.79 Å². The van der Waals surface area contributed by atoms with Gasteiger partial charge in [-0.15, -0.1) is 0 Å². The molecular weight excluding hydrogens is 674 g/mol. The van der Waals surface area contributed by atoms with Crippen LogP contribution in [0, 0.1) is 29.3 Å². The predicted molar refractivity (Wildman–Crippen MR) is 163 cm³/mol. The fourth-order valence-corrected chi connectivity index (χ4v) is 8.52. The van der Waals surface area contributed by atoms with Gasteiger partial charge < -0.3 is 15.3 Å². The highest BCUT2D eigenvalue weighted by Gasteiger charge is 2.46. The van der Waals surface area contributed by atoms with Gasteiger partial charge in [0.2, 0.25) is 0 Å². The van der Waals surface area contributed by atoms with Crippen molar-refractivity contribution in [3.05, 3.63) is 93.8 Å². The lowest BCUT2D eigenvalue weighted by Crippen LogP contribution is -2.38. The van der Waals surface area contributed by atoms with Crippen molar-refractivity contribution in [1.82, 2.24) is 0 Å². The van der Waals surface area contributed by atoms with E-state index in [1.165, 1.54) is 24.3 Å². The summed E-state index contributed by atoms with van der Waals surface area (Å²) in [5.41, 5.74) is -2.57. The van der Waals surface area contributed by atoms with Gasteiger partial charge in [-0.05, 0) is 73.4 Å². The van der Waals surface area contributed by atoms with Crippen LogP contribution in [0.15, 0.2) is 64.6 Å². The number of hydrogen-bond acceptors (Lipinski definition) is 6. The second-order valence-electron chi connectivity index (χ2n) is 11.5. The van der Waals surface area contributed by atoms with E-state index in [2.05, 4.69) is 10.5 Å². The van der Waals surface area contributed by atoms with Crippen molar-refractivity contribution in [3.8, 4) is 0 Å². The van der Waals surface area contributed by atoms with E-state index in [1.54, 1.807) is 13.8 Å². The maximum Gasteiger partial charge on any atom is 0.416 e. The van der Waals surface area contributed by atoms with Crippen LogP contribution < -0.4 is 5.32 Å². The molecule has 4 rings (SSSR count). The molecule has 15 heteroatoms. The molecule has 7 nitrogen and oxygen atoms in total. The minimum absolute atomic E-state index is 0.0234. The number of rotatable bonds is 11. The molecule has 0 saturated heterocycles. The average molecular weight is 705 g/mol. The first kappa shape index (κ1) is 36.2. The first-order valence-corrected chi connectivity index (χ1v) is 16.4. The molecule has 1 fully saturated rings. The van der Waals surface area contributed by atoms with E-state index in [0.29, 0.717) is 30.5 Å². The molecule has 47 heavy (non-hydrogen) atoms. The Hall–Kier alpha value is -3.62. The van der Waals surface area contributed by atoms with Gasteiger partial charge in [0.15, 0.2) is 27.3 Å². The normalized spacial score (nSPS) is 19.9. The third kappa shape index (κ3) is 8.46. The van der Waals surface area contributed by atoms with Crippen LogP contribution in [0.4, 0.5) is 32.0 Å². The van der Waals surface area contributed by atoms with Gasteiger partial charge in [-0.2, -0.15) is 13.2 Å². The molecule has 1 amide bonds. The maximum absolute atomic E-state index is 14.0. The van der Waals surface area contributed by atoms with Gasteiger partial charge in [0.25, 0.3) is 5.91 Å². The first-order chi connectivity index (χ1) is 21.9. The van der Waals surface area contributed by atoms with Crippen LogP contribution in [0.5, 0.6) is 0 Å². The summed E-state index contributed by atoms with van der Waals surface area (Å²) in [6, 6.07) is 8.93. The van der Waals surface area contributed by atoms with E-state index in [-0.39, 0.29) is 46.5 Å². The zero-order chi connectivity index (χ0) is 34.7. The Kier molecular flexibility index (Phi) is 11.0. The lowest BCUT2D eigenvalue weighted by atomic mass is 9.87. The highest BCUT2D eigenvalue weighted by molar-refractivity contribution is 7.92. The molecule has 1 aliphatic carbocycles. The molecule has 0 heterocycles. The Morgan fingerprint density at radius 2 is 1.70 bits per heavy atom. The number of halogens is 7. The van der Waals surface area contributed by atoms with E-state index in [1.807, 2.05) is 0 Å². The number of oxime groups is 1. The second kappa shape index (κ2) is 14.2. The van der Waals surface area contributed by atoms with Gasteiger partial charge in [-0.1, -0.05) is 42.7 Å². The number of nitrogens with zero attached hydrogens (tertiary/aromatic N) is 1. The molecular formula is C32H31ClF6N2O5S. The van der Waals surface area contributed by atoms with E-state index in [0.717, 1.165) is 24.4 Å². The minimum atomic E-state index is -4.48. The summed E-state index contributed by atoms with van der Waals surface area (Å²) in [7, 11) is -4.22. The Morgan fingerprint density at radius 3 is 2.30 bits per heavy atom. The largest absolute Gasteiger partial charge is 0.416 e. The predicted octanol–water partition coefficient (Wildman–Crippen LogP) is 7.95. The smallest absolute Gasteiger partial charge is 0.391 e. The second-order valence-corrected chi connectivity index (χ2v) is 14.0. The molecule has 2 N–H and O–H groups in total. The van der Waals surface area contributed by atoms with Crippen LogP contribution in [0.25, 0.3) is 0 Å². The number of alkyl halides is 3. The van der Waals surface area contributed by atoms with Gasteiger partial charge in [0.05, 0.1) is 26.9 Å². The molecule has 1 saturated carbocycles. The summed E-state index contributed by atoms with van der Waals surface area (Å²) in [6.07, 6.45) is -2.27. The Bertz CT molecular complexity index is 1730. The summed E-state index contributed by atoms with van der Waals surface area (Å²) in [5, 5.41) is 16.1. The quantitative estimate of drug-likeness (QED) is 0.0913. The van der Waals surface area contributed by atoms with Crippen molar-refractivity contribution in [2.24, 2.45) is 17.0 Å². The molecule has 4 atom stereocenters. The third-order valence-corrected chi connectivity index (χ3v) is 11.2. The minimum Gasteiger partial charge on any atom is -0.391 e. The fraction of sp³-hybridized carbons (Fsp3) is 0.375. The summed E-state index contributed by atoms with van der Waals surface area (Å²) in [5.74, 6) is -6.62. The van der Waals surface area contributed by atoms with Crippen molar-refractivity contribution < 1.29 is 49.5 Å². The summed E-state index contributed by atoms with van der Waals surface area (Å²) >= 11 is 6.31. The molecule has 1 aliphatic rings. The Morgan fingerprint density at radius 1 is 1.06 bits per heavy atom. The standard InChI is InChI=1S/C32H31ClF6N2O5S/c1-3-31(43,17-40-46-16-19-5-9-22(10-6-19)32(37,38)39)15-21-7-4-18(2)29(21)47(44,45)27-12-20(8-11-24(27)33)30(42)41-23-13-25(34)28(36)26(35)14-23/h5-6,8-14,17-18,21,29,43H,3-4,7,15-16H2,1-2H3,(H,41,42)/b40-17+/t18?,21-,29?,31-/m0/s1. The number of benzene rings is 3. The Labute approximate surface area is 272 Å². The van der Waals surface area contributed by atoms with Crippen LogP contribution in [-0.2, 0) is 27.5 Å². The van der Waals surface area contributed by atoms with Crippen molar-refractivity contribution >= 4 is 39.2 Å². The van der Waals surface area contributed by atoms with Gasteiger partial charge >= 0.3 is 6.18 Å². The molecule has 0 bridgehead atoms. The first-order valence-electron chi connectivity index (χ1n) is 14.5. The van der Waals surface area contributed by atoms with Crippen molar-refractivity contribution in [2.75, 3.05) is 5.32 Å². The highest BCUT2D eigenvalue weighted by Crippen LogP contribution is 2.44. The number of sulfone groups is 1. The Balaban J connectivity index is 1.49. The van der Waals surface area contributed by atoms with E-state index < -0.39 is 61.7 Å². The molecule has 3 aromatic rings. The van der Waals surface area contributed by atoms with Crippen LogP contribution >= 0.6 is 11.6 Å². The number of hydrogen-bond donors (Lipinski definition) is 2. The number of aliphatic hydroxyl groups is 1. The zero-order valence-corrected chi connectivity index (χ0v) is 26.7. The number of amides is 1. The van der Waals surface area contributed by atoms with Gasteiger partial charge in [-0.25, -0.2) is 21.6 Å². The molecule has 0 radical (unpaired) electrons. The van der Waals surface area contributed by atoms with E-state index in [4.69, 9.17) is 16.4 Å². The fourth-order valence-electron chi connectivity index (χ4n) is 5.67. The zero-order valence-electron chi connectivity index (χ0n) is 25.1. The van der Waals surface area contributed by atoms with Crippen LogP contribution in [-0.4, -0.2) is 36.5 Å². The third-order valence-electron chi connectivity index (χ3n) is 8.23. The van der Waals surface area contributed by atoms with Crippen LogP contribution in [0.3, 0.4) is 0 Å². The lowest BCUT2D eigenvalue weighted by Gasteiger charge is -2.30. The molecule has 3 aromatic carbocycles. The van der Waals surface area contributed by atoms with E-state index >= 15 is 0 Å². The molecule has 2 unspecified atom stereocenters. The number of carbonyl (C=O) groups excluding carboxylic acids is 1. The average Bonchev–Trinajstić information content (AvgIpc) is 3.37. The molecule has 254 valence electrons. The number of nitrogens with one attached hydrogen (secondary N) is 1. The highest BCUT2D eigenvalue weighted by atomic mass is 35.5. The van der Waals surface area contributed by atoms with Crippen molar-refractivity contribution in [3.63, 3.8) is 0 Å². The topological polar surface area (TPSA) is 105 Å². The summed E-state index contributed by atoms with van der Waals surface area (Å²) < 4.78 is 107. The molecule has 0 aromatic heterocycles. The van der Waals surface area contributed by atoms with Crippen molar-refractivity contribution in [1.29, 1.82) is 0 Å². The van der Waals surface area contributed by atoms with E-state index in [9.17, 15) is 44.7 Å². The lowest BCUT2D eigenvalue weighted by molar-refractivity contribution is -0.137. The SMILES string of the molecule is CC[C@@](O)(/C=N/OCc1ccc(C(F)(F)F)cc1)C[C@@H]1CCC(C)C1S(=O)(=O)c1cc(C(=O)Nc2cc(F)c(F)c(F)c2)ccc1Cl. The monoisotopic (exact) mass is 704 g/mol. The van der Waals surface area contributed by atoms with Crippen LogP contribution in [0.1, 0.15) is 61.0 Å². The summed E-state index contributed by atoms with van der Waals surface area (Å²) in [6.45, 7) is 3.25. The number of anilines is 1. The van der Waals surface area contributed by atoms with Crippen LogP contribution in [0.2, 0.25) is 5.02 Å². The molecule has 0 spiro atoms. The maximum atomic E-state index is 14.0. The molecule has 0 aliphatic heterocycles. The summed E-state index contributed by atoms with van der Waals surface area (Å²) in [4.78, 5) is 17.7. The van der Waals surface area contributed by atoms with Gasteiger partial charge in [0, 0.05) is 23.4 Å².